The van der Waals surface area contributed by atoms with Gasteiger partial charge in [-0.25, -0.2) is 0 Å². The van der Waals surface area contributed by atoms with Crippen molar-refractivity contribution in [1.82, 2.24) is 0 Å². The number of hydrogen-bond donors (Lipinski definition) is 0. The van der Waals surface area contributed by atoms with Crippen molar-refractivity contribution in [2.75, 3.05) is 0 Å². The predicted octanol–water partition coefficient (Wildman–Crippen LogP) is 6.26. The van der Waals surface area contributed by atoms with Crippen LogP contribution < -0.4 is 0 Å². The first-order chi connectivity index (χ1) is 8.35. The van der Waals surface area contributed by atoms with Crippen LogP contribution in [0.1, 0.15) is 87.5 Å². The van der Waals surface area contributed by atoms with Crippen LogP contribution in [0.2, 0.25) is 0 Å². The van der Waals surface area contributed by atoms with E-state index in [2.05, 4.69) is 55.4 Å². The van der Waals surface area contributed by atoms with Gasteiger partial charge in [0, 0.05) is 0 Å². The van der Waals surface area contributed by atoms with Crippen LogP contribution in [-0.2, 0) is 0 Å². The molecule has 2 aliphatic carbocycles. The van der Waals surface area contributed by atoms with Crippen LogP contribution >= 0.6 is 0 Å². The maximum absolute atomic E-state index is 2.51. The minimum Gasteiger partial charge on any atom is -0.0599 e. The van der Waals surface area contributed by atoms with Crippen LogP contribution in [0.15, 0.2) is 0 Å². The molecule has 2 rings (SSSR count). The minimum absolute atomic E-state index is 0.435. The summed E-state index contributed by atoms with van der Waals surface area (Å²) in [5.41, 5.74) is 2.00. The quantitative estimate of drug-likeness (QED) is 0.524. The van der Waals surface area contributed by atoms with E-state index in [-0.39, 0.29) is 0 Å². The molecule has 0 aromatic heterocycles. The van der Waals surface area contributed by atoms with Crippen LogP contribution in [0, 0.1) is 33.5 Å². The molecule has 0 heterocycles. The average Bonchev–Trinajstić information content (AvgIpc) is 2.30. The lowest BCUT2D eigenvalue weighted by Gasteiger charge is -2.51. The molecule has 2 fully saturated rings. The van der Waals surface area contributed by atoms with Crippen molar-refractivity contribution in [2.24, 2.45) is 27.6 Å². The van der Waals surface area contributed by atoms with Crippen molar-refractivity contribution in [1.29, 1.82) is 0 Å². The van der Waals surface area contributed by atoms with Crippen LogP contribution in [0.3, 0.4) is 0 Å². The van der Waals surface area contributed by atoms with Crippen molar-refractivity contribution in [2.45, 2.75) is 87.5 Å². The second-order valence-electron chi connectivity index (χ2n) is 10.3. The first-order valence-corrected chi connectivity index (χ1v) is 8.21. The fraction of sp³-hybridized carbons (Fsp3) is 0.947. The zero-order chi connectivity index (χ0) is 14.7. The summed E-state index contributed by atoms with van der Waals surface area (Å²) in [5, 5.41) is 0. The summed E-state index contributed by atoms with van der Waals surface area (Å²) in [7, 11) is 0. The van der Waals surface area contributed by atoms with E-state index in [0.29, 0.717) is 21.7 Å². The third-order valence-electron chi connectivity index (χ3n) is 5.92. The Bertz CT molecular complexity index is 343. The summed E-state index contributed by atoms with van der Waals surface area (Å²) in [5.74, 6) is 2.73. The van der Waals surface area contributed by atoms with E-state index in [0.717, 1.165) is 5.92 Å². The molecule has 0 heteroatoms. The summed E-state index contributed by atoms with van der Waals surface area (Å²) in [4.78, 5) is 0. The highest BCUT2D eigenvalue weighted by molar-refractivity contribution is 5.17. The summed E-state index contributed by atoms with van der Waals surface area (Å²) < 4.78 is 0. The van der Waals surface area contributed by atoms with Crippen molar-refractivity contribution in [3.63, 3.8) is 0 Å². The second-order valence-corrected chi connectivity index (χ2v) is 10.3. The van der Waals surface area contributed by atoms with E-state index in [1.807, 2.05) is 5.92 Å². The van der Waals surface area contributed by atoms with E-state index in [1.165, 1.54) is 32.1 Å². The summed E-state index contributed by atoms with van der Waals surface area (Å²) in [6.07, 6.45) is 6.90. The van der Waals surface area contributed by atoms with E-state index in [9.17, 15) is 0 Å². The predicted molar refractivity (Wildman–Crippen MR) is 84.9 cm³/mol. The molecule has 1 radical (unpaired) electrons. The molecule has 111 valence electrons. The van der Waals surface area contributed by atoms with Crippen LogP contribution in [0.5, 0.6) is 0 Å². The van der Waals surface area contributed by atoms with E-state index >= 15 is 0 Å². The molecule has 0 spiro atoms. The number of hydrogen-bond acceptors (Lipinski definition) is 0. The molecule has 0 saturated heterocycles. The van der Waals surface area contributed by atoms with Gasteiger partial charge in [0.15, 0.2) is 0 Å². The Morgan fingerprint density at radius 3 is 1.79 bits per heavy atom. The van der Waals surface area contributed by atoms with Gasteiger partial charge in [0.25, 0.3) is 0 Å². The Kier molecular flexibility index (Phi) is 3.44. The van der Waals surface area contributed by atoms with Gasteiger partial charge in [-0.1, -0.05) is 55.4 Å². The average molecular weight is 263 g/mol. The van der Waals surface area contributed by atoms with Crippen molar-refractivity contribution < 1.29 is 0 Å². The topological polar surface area (TPSA) is 0 Å². The summed E-state index contributed by atoms with van der Waals surface area (Å²) in [6.45, 7) is 19.9. The van der Waals surface area contributed by atoms with Crippen molar-refractivity contribution in [3.05, 3.63) is 5.92 Å². The van der Waals surface area contributed by atoms with Gasteiger partial charge in [0.05, 0.1) is 0 Å². The molecule has 19 heavy (non-hydrogen) atoms. The molecule has 0 nitrogen and oxygen atoms in total. The molecule has 0 aromatic rings. The zero-order valence-electron chi connectivity index (χ0n) is 14.6. The highest BCUT2D eigenvalue weighted by atomic mass is 14.6. The monoisotopic (exact) mass is 263 g/mol. The number of rotatable bonds is 1. The zero-order valence-corrected chi connectivity index (χ0v) is 14.6. The van der Waals surface area contributed by atoms with Gasteiger partial charge in [-0.3, -0.25) is 0 Å². The molecule has 1 unspecified atom stereocenters. The molecular formula is C19H35. The molecule has 2 saturated carbocycles. The van der Waals surface area contributed by atoms with Gasteiger partial charge < -0.3 is 0 Å². The molecule has 0 aromatic carbocycles. The Morgan fingerprint density at radius 2 is 1.37 bits per heavy atom. The van der Waals surface area contributed by atoms with Crippen molar-refractivity contribution in [3.8, 4) is 0 Å². The minimum atomic E-state index is 0.435. The first kappa shape index (κ1) is 15.4. The van der Waals surface area contributed by atoms with E-state index in [4.69, 9.17) is 0 Å². The molecule has 0 N–H and O–H groups in total. The van der Waals surface area contributed by atoms with E-state index < -0.39 is 0 Å². The lowest BCUT2D eigenvalue weighted by Crippen LogP contribution is -2.41. The second kappa shape index (κ2) is 4.25. The van der Waals surface area contributed by atoms with Crippen LogP contribution in [0.25, 0.3) is 0 Å². The first-order valence-electron chi connectivity index (χ1n) is 8.21. The maximum Gasteiger partial charge on any atom is -0.0148 e. The lowest BCUT2D eigenvalue weighted by atomic mass is 9.54. The lowest BCUT2D eigenvalue weighted by molar-refractivity contribution is 0.0906. The standard InChI is InChI=1S/C19H35/c1-16(2)10-9-14(18(5,6)12-16)15-11-17(3,4)13-19(15,7)8/h15H,9-13H2,1-8H3. The maximum atomic E-state index is 2.51. The van der Waals surface area contributed by atoms with Gasteiger partial charge in [-0.15, -0.1) is 0 Å². The normalized spacial score (nSPS) is 36.3. The highest BCUT2D eigenvalue weighted by Crippen LogP contribution is 2.63. The fourth-order valence-electron chi connectivity index (χ4n) is 5.71. The van der Waals surface area contributed by atoms with Gasteiger partial charge >= 0.3 is 0 Å². The molecule has 0 bridgehead atoms. The SMILES string of the molecule is CC1(C)CC[C](C2CC(C)(C)CC2(C)C)C(C)(C)C1. The highest BCUT2D eigenvalue weighted by Gasteiger charge is 2.53. The van der Waals surface area contributed by atoms with Gasteiger partial charge in [0.2, 0.25) is 0 Å². The Balaban J connectivity index is 2.23. The van der Waals surface area contributed by atoms with Crippen LogP contribution in [0.4, 0.5) is 0 Å². The smallest absolute Gasteiger partial charge is 0.0148 e. The van der Waals surface area contributed by atoms with Crippen molar-refractivity contribution >= 4 is 0 Å². The van der Waals surface area contributed by atoms with Gasteiger partial charge in [-0.05, 0) is 65.6 Å². The molecule has 2 aliphatic rings. The third-order valence-corrected chi connectivity index (χ3v) is 5.92. The molecule has 0 amide bonds. The van der Waals surface area contributed by atoms with Crippen LogP contribution in [-0.4, -0.2) is 0 Å². The van der Waals surface area contributed by atoms with Gasteiger partial charge in [-0.2, -0.15) is 0 Å². The Morgan fingerprint density at radius 1 is 0.789 bits per heavy atom. The Hall–Kier alpha value is 0. The fourth-order valence-corrected chi connectivity index (χ4v) is 5.71. The largest absolute Gasteiger partial charge is 0.0599 e. The van der Waals surface area contributed by atoms with Gasteiger partial charge in [0.1, 0.15) is 0 Å². The summed E-state index contributed by atoms with van der Waals surface area (Å²) >= 11 is 0. The van der Waals surface area contributed by atoms with E-state index in [1.54, 1.807) is 0 Å². The Labute approximate surface area is 121 Å². The third kappa shape index (κ3) is 3.03. The molecule has 1 atom stereocenters. The molecular weight excluding hydrogens is 228 g/mol. The summed E-state index contributed by atoms with van der Waals surface area (Å²) in [6, 6.07) is 0. The molecule has 0 aliphatic heterocycles.